The number of methoxy groups -OCH3 is 1. The fraction of sp³-hybridized carbons (Fsp3) is 0.462. The molecular weight excluding hydrogens is 420 g/mol. The number of nitrogens with one attached hydrogen (secondary N) is 1. The van der Waals surface area contributed by atoms with E-state index in [1.165, 1.54) is 25.5 Å². The Hall–Kier alpha value is -2.33. The van der Waals surface area contributed by atoms with Gasteiger partial charge in [-0.05, 0) is 60.9 Å². The normalized spacial score (nSPS) is 23.2. The van der Waals surface area contributed by atoms with E-state index < -0.39 is 10.0 Å². The number of ether oxygens (including phenoxy) is 1. The second kappa shape index (κ2) is 10.1. The van der Waals surface area contributed by atoms with Gasteiger partial charge in [-0.25, -0.2) is 8.42 Å². The Morgan fingerprint density at radius 1 is 1.16 bits per heavy atom. The lowest BCUT2D eigenvalue weighted by Crippen LogP contribution is -2.51. The Bertz CT molecular complexity index is 1070. The summed E-state index contributed by atoms with van der Waals surface area (Å²) in [6.07, 6.45) is 5.75. The maximum absolute atomic E-state index is 12.3. The third-order valence-electron chi connectivity index (χ3n) is 6.81. The van der Waals surface area contributed by atoms with Crippen molar-refractivity contribution in [3.8, 4) is 11.8 Å². The minimum atomic E-state index is -3.41. The van der Waals surface area contributed by atoms with Gasteiger partial charge in [-0.3, -0.25) is 9.62 Å². The third-order valence-corrected chi connectivity index (χ3v) is 8.06. The maximum atomic E-state index is 12.3. The van der Waals surface area contributed by atoms with Gasteiger partial charge in [0.15, 0.2) is 0 Å². The van der Waals surface area contributed by atoms with Crippen LogP contribution in [0.1, 0.15) is 43.2 Å². The Kier molecular flexibility index (Phi) is 7.20. The molecule has 6 heteroatoms. The average Bonchev–Trinajstić information content (AvgIpc) is 2.80. The highest BCUT2D eigenvalue weighted by Gasteiger charge is 2.43. The summed E-state index contributed by atoms with van der Waals surface area (Å²) in [5.41, 5.74) is 3.09. The number of likely N-dealkylation sites (tertiary alicyclic amines) is 1. The van der Waals surface area contributed by atoms with Crippen molar-refractivity contribution in [2.45, 2.75) is 43.6 Å². The number of anilines is 1. The topological polar surface area (TPSA) is 58.6 Å². The van der Waals surface area contributed by atoms with Gasteiger partial charge in [-0.2, -0.15) is 0 Å². The molecule has 1 aliphatic heterocycles. The molecule has 2 atom stereocenters. The van der Waals surface area contributed by atoms with Crippen molar-refractivity contribution in [1.82, 2.24) is 4.90 Å². The number of nitrogens with zero attached hydrogens (tertiary/aromatic N) is 1. The van der Waals surface area contributed by atoms with Crippen molar-refractivity contribution in [3.63, 3.8) is 0 Å². The first-order valence-electron chi connectivity index (χ1n) is 11.4. The van der Waals surface area contributed by atoms with E-state index in [2.05, 4.69) is 27.5 Å². The van der Waals surface area contributed by atoms with Gasteiger partial charge < -0.3 is 4.74 Å². The van der Waals surface area contributed by atoms with E-state index in [9.17, 15) is 8.42 Å². The Labute approximate surface area is 192 Å². The van der Waals surface area contributed by atoms with Crippen LogP contribution in [0.2, 0.25) is 0 Å². The fourth-order valence-electron chi connectivity index (χ4n) is 5.13. The monoisotopic (exact) mass is 452 g/mol. The van der Waals surface area contributed by atoms with Gasteiger partial charge in [-0.15, -0.1) is 0 Å². The molecule has 32 heavy (non-hydrogen) atoms. The molecule has 5 nitrogen and oxygen atoms in total. The van der Waals surface area contributed by atoms with E-state index in [1.807, 2.05) is 48.5 Å². The molecule has 2 fully saturated rings. The van der Waals surface area contributed by atoms with E-state index in [4.69, 9.17) is 4.74 Å². The highest BCUT2D eigenvalue weighted by atomic mass is 32.2. The standard InChI is InChI=1S/C26H32N2O3S/c1-31-18-19-32(29,30)27-24-12-5-11-23(20-24)26-14-6-13-25(21-26)28(17-15-26)16-7-10-22-8-3-2-4-9-22/h2-5,8-9,11-12,20,25,27H,6,13-19,21H2,1H3. The molecule has 2 aromatic carbocycles. The van der Waals surface area contributed by atoms with Gasteiger partial charge in [-0.1, -0.05) is 48.6 Å². The van der Waals surface area contributed by atoms with E-state index >= 15 is 0 Å². The molecule has 1 aliphatic carbocycles. The zero-order valence-corrected chi connectivity index (χ0v) is 19.5. The van der Waals surface area contributed by atoms with Crippen molar-refractivity contribution in [3.05, 3.63) is 65.7 Å². The molecule has 0 amide bonds. The first-order chi connectivity index (χ1) is 15.5. The van der Waals surface area contributed by atoms with Gasteiger partial charge in [0.2, 0.25) is 10.0 Å². The lowest BCUT2D eigenvalue weighted by Gasteiger charge is -2.50. The van der Waals surface area contributed by atoms with Crippen LogP contribution < -0.4 is 4.72 Å². The van der Waals surface area contributed by atoms with Gasteiger partial charge in [0.05, 0.1) is 18.9 Å². The lowest BCUT2D eigenvalue weighted by atomic mass is 9.63. The molecule has 1 N–H and O–H groups in total. The van der Waals surface area contributed by atoms with Crippen LogP contribution in [-0.4, -0.2) is 51.9 Å². The molecule has 0 radical (unpaired) electrons. The predicted molar refractivity (Wildman–Crippen MR) is 129 cm³/mol. The van der Waals surface area contributed by atoms with Gasteiger partial charge >= 0.3 is 0 Å². The van der Waals surface area contributed by atoms with Crippen LogP contribution in [-0.2, 0) is 20.2 Å². The minimum Gasteiger partial charge on any atom is -0.384 e. The van der Waals surface area contributed by atoms with Gasteiger partial charge in [0.25, 0.3) is 0 Å². The number of sulfonamides is 1. The second-order valence-corrected chi connectivity index (χ2v) is 10.8. The van der Waals surface area contributed by atoms with E-state index in [0.717, 1.165) is 37.9 Å². The minimum absolute atomic E-state index is 0.0417. The molecule has 2 aliphatic rings. The number of hydrogen-bond acceptors (Lipinski definition) is 4. The predicted octanol–water partition coefficient (Wildman–Crippen LogP) is 4.01. The molecule has 1 saturated carbocycles. The number of hydrogen-bond donors (Lipinski definition) is 1. The van der Waals surface area contributed by atoms with Gasteiger partial charge in [0.1, 0.15) is 0 Å². The summed E-state index contributed by atoms with van der Waals surface area (Å²) in [7, 11) is -1.90. The zero-order chi connectivity index (χ0) is 22.4. The summed E-state index contributed by atoms with van der Waals surface area (Å²) in [5, 5.41) is 0. The van der Waals surface area contributed by atoms with Crippen molar-refractivity contribution in [1.29, 1.82) is 0 Å². The van der Waals surface area contributed by atoms with Crippen LogP contribution in [0.25, 0.3) is 0 Å². The highest BCUT2D eigenvalue weighted by Crippen LogP contribution is 2.47. The molecule has 2 unspecified atom stereocenters. The quantitative estimate of drug-likeness (QED) is 0.645. The van der Waals surface area contributed by atoms with Crippen LogP contribution in [0.15, 0.2) is 54.6 Å². The summed E-state index contributed by atoms with van der Waals surface area (Å²) in [6, 6.07) is 18.7. The summed E-state index contributed by atoms with van der Waals surface area (Å²) in [5.74, 6) is 6.61. The average molecular weight is 453 g/mol. The third kappa shape index (κ3) is 5.53. The SMILES string of the molecule is COCCS(=O)(=O)Nc1cccc(C23CCCC(C2)N(CC#Cc2ccccc2)CC3)c1. The summed E-state index contributed by atoms with van der Waals surface area (Å²) in [4.78, 5) is 2.53. The van der Waals surface area contributed by atoms with Crippen LogP contribution in [0, 0.1) is 11.8 Å². The van der Waals surface area contributed by atoms with Crippen LogP contribution >= 0.6 is 0 Å². The largest absolute Gasteiger partial charge is 0.384 e. The lowest BCUT2D eigenvalue weighted by molar-refractivity contribution is 0.0621. The number of fused-ring (bicyclic) bond motifs is 2. The summed E-state index contributed by atoms with van der Waals surface area (Å²) >= 11 is 0. The molecule has 1 heterocycles. The van der Waals surface area contributed by atoms with Crippen LogP contribution in [0.3, 0.4) is 0 Å². The fourth-order valence-corrected chi connectivity index (χ4v) is 6.10. The molecule has 0 aromatic heterocycles. The van der Waals surface area contributed by atoms with E-state index in [-0.39, 0.29) is 17.8 Å². The van der Waals surface area contributed by atoms with Crippen LogP contribution in [0.5, 0.6) is 0 Å². The molecule has 2 aromatic rings. The Morgan fingerprint density at radius 2 is 2.00 bits per heavy atom. The molecule has 1 saturated heterocycles. The van der Waals surface area contributed by atoms with Crippen LogP contribution in [0.4, 0.5) is 5.69 Å². The van der Waals surface area contributed by atoms with Crippen molar-refractivity contribution < 1.29 is 13.2 Å². The first-order valence-corrected chi connectivity index (χ1v) is 13.0. The first kappa shape index (κ1) is 22.8. The van der Waals surface area contributed by atoms with Crippen molar-refractivity contribution >= 4 is 15.7 Å². The Balaban J connectivity index is 1.45. The molecule has 170 valence electrons. The smallest absolute Gasteiger partial charge is 0.234 e. The number of rotatable bonds is 7. The zero-order valence-electron chi connectivity index (χ0n) is 18.7. The van der Waals surface area contributed by atoms with Crippen molar-refractivity contribution in [2.24, 2.45) is 0 Å². The maximum Gasteiger partial charge on any atom is 0.234 e. The molecule has 2 bridgehead atoms. The Morgan fingerprint density at radius 3 is 2.81 bits per heavy atom. The number of benzene rings is 2. The van der Waals surface area contributed by atoms with Crippen molar-refractivity contribution in [2.75, 3.05) is 37.3 Å². The highest BCUT2D eigenvalue weighted by molar-refractivity contribution is 7.92. The van der Waals surface area contributed by atoms with E-state index in [0.29, 0.717) is 11.7 Å². The molecule has 4 rings (SSSR count). The van der Waals surface area contributed by atoms with E-state index in [1.54, 1.807) is 0 Å². The van der Waals surface area contributed by atoms with Gasteiger partial charge in [0, 0.05) is 30.9 Å². The molecular formula is C26H32N2O3S. The summed E-state index contributed by atoms with van der Waals surface area (Å²) in [6.45, 7) is 2.01. The number of piperidine rings is 1. The summed E-state index contributed by atoms with van der Waals surface area (Å²) < 4.78 is 32.2. The molecule has 0 spiro atoms. The second-order valence-electron chi connectivity index (χ2n) is 8.91.